The minimum absolute atomic E-state index is 0.229. The normalized spacial score (nSPS) is 12.2. The summed E-state index contributed by atoms with van der Waals surface area (Å²) in [5.41, 5.74) is 7.17. The summed E-state index contributed by atoms with van der Waals surface area (Å²) in [5.74, 6) is 2.41. The van der Waals surface area contributed by atoms with Gasteiger partial charge in [0.05, 0.1) is 19.8 Å². The molecule has 2 rings (SSSR count). The predicted octanol–water partition coefficient (Wildman–Crippen LogP) is 1.68. The van der Waals surface area contributed by atoms with Gasteiger partial charge in [0.2, 0.25) is 0 Å². The van der Waals surface area contributed by atoms with E-state index in [1.165, 1.54) is 0 Å². The zero-order chi connectivity index (χ0) is 13.8. The predicted molar refractivity (Wildman–Crippen MR) is 73.4 cm³/mol. The molecule has 1 heterocycles. The average molecular weight is 261 g/mol. The van der Waals surface area contributed by atoms with Crippen LogP contribution in [0.25, 0.3) is 0 Å². The molecule has 0 amide bonds. The van der Waals surface area contributed by atoms with E-state index in [9.17, 15) is 0 Å². The van der Waals surface area contributed by atoms with Crippen LogP contribution in [0.3, 0.4) is 0 Å². The van der Waals surface area contributed by atoms with Crippen molar-refractivity contribution in [1.82, 2.24) is 9.55 Å². The molecule has 102 valence electrons. The molecule has 5 heteroatoms. The van der Waals surface area contributed by atoms with E-state index in [1.54, 1.807) is 20.4 Å². The van der Waals surface area contributed by atoms with Gasteiger partial charge in [-0.1, -0.05) is 6.07 Å². The number of benzene rings is 1. The molecule has 5 nitrogen and oxygen atoms in total. The van der Waals surface area contributed by atoms with Gasteiger partial charge in [-0.3, -0.25) is 0 Å². The van der Waals surface area contributed by atoms with Crippen molar-refractivity contribution in [2.45, 2.75) is 12.5 Å². The van der Waals surface area contributed by atoms with Crippen LogP contribution in [0.5, 0.6) is 11.5 Å². The molecule has 1 aromatic heterocycles. The van der Waals surface area contributed by atoms with E-state index in [0.29, 0.717) is 6.42 Å². The van der Waals surface area contributed by atoms with Gasteiger partial charge in [0.25, 0.3) is 0 Å². The standard InChI is InChI=1S/C14H19N3O2/c1-17-8-7-16-13(17)9-10(15)14-11(18-2)5-4-6-12(14)19-3/h4-8,10H,9,15H2,1-3H3. The average Bonchev–Trinajstić information content (AvgIpc) is 2.83. The lowest BCUT2D eigenvalue weighted by Crippen LogP contribution is -2.17. The Morgan fingerprint density at radius 3 is 2.37 bits per heavy atom. The maximum atomic E-state index is 6.29. The van der Waals surface area contributed by atoms with Gasteiger partial charge in [-0.2, -0.15) is 0 Å². The van der Waals surface area contributed by atoms with Crippen LogP contribution in [0.2, 0.25) is 0 Å². The van der Waals surface area contributed by atoms with Crippen LogP contribution >= 0.6 is 0 Å². The highest BCUT2D eigenvalue weighted by molar-refractivity contribution is 5.47. The smallest absolute Gasteiger partial charge is 0.127 e. The zero-order valence-corrected chi connectivity index (χ0v) is 11.5. The minimum Gasteiger partial charge on any atom is -0.496 e. The Labute approximate surface area is 113 Å². The third-order valence-electron chi connectivity index (χ3n) is 3.16. The number of nitrogens with two attached hydrogens (primary N) is 1. The van der Waals surface area contributed by atoms with Gasteiger partial charge in [-0.15, -0.1) is 0 Å². The molecule has 1 atom stereocenters. The Morgan fingerprint density at radius 2 is 1.89 bits per heavy atom. The van der Waals surface area contributed by atoms with E-state index in [0.717, 1.165) is 22.9 Å². The molecule has 0 saturated carbocycles. The monoisotopic (exact) mass is 261 g/mol. The van der Waals surface area contributed by atoms with Crippen LogP contribution in [-0.4, -0.2) is 23.8 Å². The van der Waals surface area contributed by atoms with E-state index < -0.39 is 0 Å². The fourth-order valence-corrected chi connectivity index (χ4v) is 2.14. The van der Waals surface area contributed by atoms with Gasteiger partial charge in [0, 0.05) is 31.9 Å². The number of hydrogen-bond donors (Lipinski definition) is 1. The molecule has 1 aromatic carbocycles. The lowest BCUT2D eigenvalue weighted by atomic mass is 10.0. The summed E-state index contributed by atoms with van der Waals surface area (Å²) >= 11 is 0. The van der Waals surface area contributed by atoms with Crippen molar-refractivity contribution in [1.29, 1.82) is 0 Å². The molecule has 19 heavy (non-hydrogen) atoms. The van der Waals surface area contributed by atoms with E-state index in [-0.39, 0.29) is 6.04 Å². The van der Waals surface area contributed by atoms with Gasteiger partial charge >= 0.3 is 0 Å². The van der Waals surface area contributed by atoms with E-state index in [2.05, 4.69) is 4.98 Å². The number of hydrogen-bond acceptors (Lipinski definition) is 4. The first kappa shape index (κ1) is 13.4. The molecule has 0 spiro atoms. The Morgan fingerprint density at radius 1 is 1.26 bits per heavy atom. The lowest BCUT2D eigenvalue weighted by molar-refractivity contribution is 0.378. The van der Waals surface area contributed by atoms with E-state index >= 15 is 0 Å². The molecule has 0 aliphatic rings. The molecule has 0 fully saturated rings. The maximum absolute atomic E-state index is 6.29. The summed E-state index contributed by atoms with van der Waals surface area (Å²) in [6, 6.07) is 5.42. The van der Waals surface area contributed by atoms with Crippen LogP contribution in [0.4, 0.5) is 0 Å². The number of nitrogens with zero attached hydrogens (tertiary/aromatic N) is 2. The van der Waals surface area contributed by atoms with Crippen molar-refractivity contribution in [2.24, 2.45) is 12.8 Å². The summed E-state index contributed by atoms with van der Waals surface area (Å²) in [6.45, 7) is 0. The lowest BCUT2D eigenvalue weighted by Gasteiger charge is -2.18. The molecule has 0 bridgehead atoms. The van der Waals surface area contributed by atoms with Crippen LogP contribution < -0.4 is 15.2 Å². The van der Waals surface area contributed by atoms with Crippen molar-refractivity contribution < 1.29 is 9.47 Å². The molecule has 1 unspecified atom stereocenters. The fraction of sp³-hybridized carbons (Fsp3) is 0.357. The first-order valence-corrected chi connectivity index (χ1v) is 6.10. The number of ether oxygens (including phenoxy) is 2. The summed E-state index contributed by atoms with van der Waals surface area (Å²) in [5, 5.41) is 0. The maximum Gasteiger partial charge on any atom is 0.127 e. The van der Waals surface area contributed by atoms with Crippen LogP contribution in [0.15, 0.2) is 30.6 Å². The highest BCUT2D eigenvalue weighted by Crippen LogP contribution is 2.34. The van der Waals surface area contributed by atoms with Gasteiger partial charge in [0.15, 0.2) is 0 Å². The molecule has 2 N–H and O–H groups in total. The van der Waals surface area contributed by atoms with Crippen LogP contribution in [-0.2, 0) is 13.5 Å². The van der Waals surface area contributed by atoms with Crippen molar-refractivity contribution in [3.8, 4) is 11.5 Å². The number of aryl methyl sites for hydroxylation is 1. The summed E-state index contributed by atoms with van der Waals surface area (Å²) in [4.78, 5) is 4.29. The fourth-order valence-electron chi connectivity index (χ4n) is 2.14. The molecule has 0 saturated heterocycles. The Balaban J connectivity index is 2.32. The molecule has 0 aliphatic carbocycles. The molecule has 0 radical (unpaired) electrons. The van der Waals surface area contributed by atoms with E-state index in [1.807, 2.05) is 36.0 Å². The highest BCUT2D eigenvalue weighted by atomic mass is 16.5. The van der Waals surface area contributed by atoms with E-state index in [4.69, 9.17) is 15.2 Å². The molecular formula is C14H19N3O2. The summed E-state index contributed by atoms with van der Waals surface area (Å²) < 4.78 is 12.7. The van der Waals surface area contributed by atoms with Crippen LogP contribution in [0.1, 0.15) is 17.4 Å². The van der Waals surface area contributed by atoms with Crippen LogP contribution in [0, 0.1) is 0 Å². The second kappa shape index (κ2) is 5.75. The number of methoxy groups -OCH3 is 2. The zero-order valence-electron chi connectivity index (χ0n) is 11.5. The quantitative estimate of drug-likeness (QED) is 0.889. The van der Waals surface area contributed by atoms with Crippen molar-refractivity contribution in [3.63, 3.8) is 0 Å². The molecule has 0 aliphatic heterocycles. The van der Waals surface area contributed by atoms with Gasteiger partial charge < -0.3 is 19.8 Å². The third-order valence-corrected chi connectivity index (χ3v) is 3.16. The SMILES string of the molecule is COc1cccc(OC)c1C(N)Cc1nccn1C. The summed E-state index contributed by atoms with van der Waals surface area (Å²) in [6.07, 6.45) is 4.29. The number of imidazole rings is 1. The highest BCUT2D eigenvalue weighted by Gasteiger charge is 2.19. The first-order valence-electron chi connectivity index (χ1n) is 6.10. The second-order valence-electron chi connectivity index (χ2n) is 4.34. The van der Waals surface area contributed by atoms with Crippen molar-refractivity contribution >= 4 is 0 Å². The largest absolute Gasteiger partial charge is 0.496 e. The third kappa shape index (κ3) is 2.71. The Bertz CT molecular complexity index is 529. The number of aromatic nitrogens is 2. The Kier molecular flexibility index (Phi) is 4.06. The molecule has 2 aromatic rings. The first-order chi connectivity index (χ1) is 9.17. The van der Waals surface area contributed by atoms with Crippen molar-refractivity contribution in [3.05, 3.63) is 42.0 Å². The van der Waals surface area contributed by atoms with Gasteiger partial charge in [0.1, 0.15) is 17.3 Å². The molecular weight excluding hydrogens is 242 g/mol. The minimum atomic E-state index is -0.229. The number of rotatable bonds is 5. The topological polar surface area (TPSA) is 62.3 Å². The summed E-state index contributed by atoms with van der Waals surface area (Å²) in [7, 11) is 5.21. The second-order valence-corrected chi connectivity index (χ2v) is 4.34. The van der Waals surface area contributed by atoms with Gasteiger partial charge in [-0.25, -0.2) is 4.98 Å². The Hall–Kier alpha value is -2.01. The van der Waals surface area contributed by atoms with Crippen molar-refractivity contribution in [2.75, 3.05) is 14.2 Å². The van der Waals surface area contributed by atoms with Gasteiger partial charge in [-0.05, 0) is 12.1 Å².